The number of benzene rings is 2. The van der Waals surface area contributed by atoms with Crippen molar-refractivity contribution in [2.75, 3.05) is 26.4 Å². The van der Waals surface area contributed by atoms with E-state index >= 15 is 0 Å². The van der Waals surface area contributed by atoms with E-state index in [1.165, 1.54) is 23.1 Å². The summed E-state index contributed by atoms with van der Waals surface area (Å²) in [7, 11) is 0. The van der Waals surface area contributed by atoms with E-state index in [1.807, 2.05) is 59.3 Å². The Hall–Kier alpha value is -2.88. The zero-order valence-corrected chi connectivity index (χ0v) is 17.1. The van der Waals surface area contributed by atoms with Gasteiger partial charge in [0.1, 0.15) is 36.1 Å². The molecular weight excluding hydrogens is 408 g/mol. The zero-order valence-electron chi connectivity index (χ0n) is 15.4. The first kappa shape index (κ1) is 19.4. The van der Waals surface area contributed by atoms with Crippen molar-refractivity contribution >= 4 is 23.1 Å². The molecule has 0 aliphatic heterocycles. The van der Waals surface area contributed by atoms with E-state index < -0.39 is 0 Å². The number of aromatic nitrogens is 4. The molecule has 0 bridgehead atoms. The summed E-state index contributed by atoms with van der Waals surface area (Å²) < 4.78 is 25.2. The largest absolute Gasteiger partial charge is 0.490 e. The Kier molecular flexibility index (Phi) is 6.74. The summed E-state index contributed by atoms with van der Waals surface area (Å²) in [5.41, 5.74) is 3.48. The first-order chi connectivity index (χ1) is 14.4. The van der Waals surface area contributed by atoms with E-state index in [2.05, 4.69) is 19.2 Å². The fraction of sp³-hybridized carbons (Fsp3) is 0.200. The normalized spacial score (nSPS) is 10.8. The van der Waals surface area contributed by atoms with Gasteiger partial charge in [0, 0.05) is 21.9 Å². The summed E-state index contributed by atoms with van der Waals surface area (Å²) >= 11 is 2.63. The molecule has 9 heteroatoms. The predicted octanol–water partition coefficient (Wildman–Crippen LogP) is 4.20. The molecule has 0 aliphatic carbocycles. The maximum Gasteiger partial charge on any atom is 0.128 e. The third-order valence-corrected chi connectivity index (χ3v) is 5.03. The highest BCUT2D eigenvalue weighted by atomic mass is 32.1. The molecule has 0 atom stereocenters. The van der Waals surface area contributed by atoms with E-state index in [-0.39, 0.29) is 0 Å². The van der Waals surface area contributed by atoms with Crippen LogP contribution in [0.2, 0.25) is 0 Å². The Morgan fingerprint density at radius 3 is 1.55 bits per heavy atom. The van der Waals surface area contributed by atoms with Crippen LogP contribution in [-0.4, -0.2) is 45.6 Å². The molecule has 2 aromatic carbocycles. The van der Waals surface area contributed by atoms with Crippen molar-refractivity contribution in [1.29, 1.82) is 0 Å². The monoisotopic (exact) mass is 426 g/mol. The fourth-order valence-electron chi connectivity index (χ4n) is 2.70. The van der Waals surface area contributed by atoms with E-state index in [1.54, 1.807) is 0 Å². The van der Waals surface area contributed by atoms with Crippen molar-refractivity contribution < 1.29 is 14.2 Å². The molecule has 0 aliphatic rings. The zero-order chi connectivity index (χ0) is 19.7. The third-order valence-electron chi connectivity index (χ3n) is 4.02. The Morgan fingerprint density at radius 2 is 1.10 bits per heavy atom. The molecule has 0 saturated carbocycles. The minimum absolute atomic E-state index is 0.440. The summed E-state index contributed by atoms with van der Waals surface area (Å²) in [6.45, 7) is 1.81. The Labute approximate surface area is 176 Å². The summed E-state index contributed by atoms with van der Waals surface area (Å²) in [4.78, 5) is 0. The molecule has 0 radical (unpaired) electrons. The van der Waals surface area contributed by atoms with E-state index in [0.29, 0.717) is 26.4 Å². The molecular formula is C20H18N4O3S2. The Balaban J connectivity index is 1.21. The molecule has 0 N–H and O–H groups in total. The molecule has 0 spiro atoms. The van der Waals surface area contributed by atoms with Crippen LogP contribution in [0.4, 0.5) is 0 Å². The summed E-state index contributed by atoms with van der Waals surface area (Å²) in [6.07, 6.45) is 0. The molecule has 0 unspecified atom stereocenters. The van der Waals surface area contributed by atoms with Crippen molar-refractivity contribution in [3.05, 3.63) is 59.3 Å². The summed E-state index contributed by atoms with van der Waals surface area (Å²) in [6, 6.07) is 15.5. The van der Waals surface area contributed by atoms with Gasteiger partial charge in [-0.2, -0.15) is 0 Å². The van der Waals surface area contributed by atoms with Crippen LogP contribution >= 0.6 is 23.1 Å². The van der Waals surface area contributed by atoms with Crippen LogP contribution < -0.4 is 9.47 Å². The predicted molar refractivity (Wildman–Crippen MR) is 112 cm³/mol. The van der Waals surface area contributed by atoms with E-state index in [4.69, 9.17) is 14.2 Å². The maximum absolute atomic E-state index is 5.85. The average Bonchev–Trinajstić information content (AvgIpc) is 3.48. The average molecular weight is 427 g/mol. The molecule has 7 nitrogen and oxygen atoms in total. The number of ether oxygens (including phenoxy) is 3. The highest BCUT2D eigenvalue weighted by molar-refractivity contribution is 7.03. The minimum Gasteiger partial charge on any atom is -0.490 e. The fourth-order valence-corrected chi connectivity index (χ4v) is 3.61. The lowest BCUT2D eigenvalue weighted by molar-refractivity contribution is 0.0767. The van der Waals surface area contributed by atoms with Gasteiger partial charge in [-0.1, -0.05) is 33.2 Å². The van der Waals surface area contributed by atoms with Crippen LogP contribution in [-0.2, 0) is 4.74 Å². The molecule has 4 aromatic rings. The van der Waals surface area contributed by atoms with E-state index in [0.717, 1.165) is 34.0 Å². The standard InChI is InChI=1S/C20H18N4O3S2/c1-3-7-19(15(5-1)17-13-28-23-21-17)26-11-9-25-10-12-27-20-8-4-2-6-16(20)18-14-29-24-22-18/h1-8,13-14H,9-12H2. The topological polar surface area (TPSA) is 79.3 Å². The van der Waals surface area contributed by atoms with Gasteiger partial charge in [-0.15, -0.1) is 10.2 Å². The van der Waals surface area contributed by atoms with Crippen molar-refractivity contribution in [3.8, 4) is 34.0 Å². The number of rotatable bonds is 10. The van der Waals surface area contributed by atoms with Crippen molar-refractivity contribution in [1.82, 2.24) is 19.2 Å². The minimum atomic E-state index is 0.440. The lowest BCUT2D eigenvalue weighted by Gasteiger charge is -2.12. The van der Waals surface area contributed by atoms with Crippen LogP contribution in [0.1, 0.15) is 0 Å². The van der Waals surface area contributed by atoms with Gasteiger partial charge < -0.3 is 14.2 Å². The molecule has 0 fully saturated rings. The number of hydrogen-bond acceptors (Lipinski definition) is 9. The molecule has 2 heterocycles. The number of nitrogens with zero attached hydrogens (tertiary/aromatic N) is 4. The molecule has 0 saturated heterocycles. The lowest BCUT2D eigenvalue weighted by Crippen LogP contribution is -2.12. The van der Waals surface area contributed by atoms with Gasteiger partial charge in [-0.25, -0.2) is 0 Å². The Morgan fingerprint density at radius 1 is 0.621 bits per heavy atom. The van der Waals surface area contributed by atoms with Crippen LogP contribution in [0.25, 0.3) is 22.5 Å². The van der Waals surface area contributed by atoms with Gasteiger partial charge >= 0.3 is 0 Å². The lowest BCUT2D eigenvalue weighted by atomic mass is 10.1. The van der Waals surface area contributed by atoms with Gasteiger partial charge in [0.25, 0.3) is 0 Å². The highest BCUT2D eigenvalue weighted by Gasteiger charge is 2.09. The summed E-state index contributed by atoms with van der Waals surface area (Å²) in [5, 5.41) is 12.0. The number of hydrogen-bond donors (Lipinski definition) is 0. The molecule has 2 aromatic heterocycles. The highest BCUT2D eigenvalue weighted by Crippen LogP contribution is 2.29. The van der Waals surface area contributed by atoms with Crippen LogP contribution in [0.15, 0.2) is 59.3 Å². The van der Waals surface area contributed by atoms with Gasteiger partial charge in [0.05, 0.1) is 13.2 Å². The van der Waals surface area contributed by atoms with Gasteiger partial charge in [0.15, 0.2) is 0 Å². The van der Waals surface area contributed by atoms with Crippen molar-refractivity contribution in [3.63, 3.8) is 0 Å². The van der Waals surface area contributed by atoms with Gasteiger partial charge in [-0.3, -0.25) is 0 Å². The number of para-hydroxylation sites is 2. The van der Waals surface area contributed by atoms with Gasteiger partial charge in [0.2, 0.25) is 0 Å². The summed E-state index contributed by atoms with van der Waals surface area (Å²) in [5.74, 6) is 1.54. The third kappa shape index (κ3) is 5.14. The van der Waals surface area contributed by atoms with Gasteiger partial charge in [-0.05, 0) is 47.3 Å². The quantitative estimate of drug-likeness (QED) is 0.352. The molecule has 4 rings (SSSR count). The van der Waals surface area contributed by atoms with E-state index in [9.17, 15) is 0 Å². The first-order valence-corrected chi connectivity index (χ1v) is 10.7. The van der Waals surface area contributed by atoms with Crippen molar-refractivity contribution in [2.24, 2.45) is 0 Å². The SMILES string of the molecule is c1ccc(-c2csnn2)c(OCCOCCOc2ccccc2-c2csnn2)c1. The second-order valence-corrected chi connectivity index (χ2v) is 7.10. The second-order valence-electron chi connectivity index (χ2n) is 5.88. The van der Waals surface area contributed by atoms with Crippen molar-refractivity contribution in [2.45, 2.75) is 0 Å². The maximum atomic E-state index is 5.85. The second kappa shape index (κ2) is 10.1. The van der Waals surface area contributed by atoms with Crippen LogP contribution in [0.5, 0.6) is 11.5 Å². The van der Waals surface area contributed by atoms with Crippen LogP contribution in [0.3, 0.4) is 0 Å². The first-order valence-electron chi connectivity index (χ1n) is 8.98. The Bertz CT molecular complexity index is 929. The molecule has 29 heavy (non-hydrogen) atoms. The molecule has 0 amide bonds. The van der Waals surface area contributed by atoms with Crippen LogP contribution in [0, 0.1) is 0 Å². The smallest absolute Gasteiger partial charge is 0.128 e. The molecule has 148 valence electrons.